The molecule has 1 aromatic heterocycles. The molecule has 0 saturated heterocycles. The highest BCUT2D eigenvalue weighted by atomic mass is 16.1. The van der Waals surface area contributed by atoms with Crippen LogP contribution in [0.5, 0.6) is 0 Å². The average Bonchev–Trinajstić information content (AvgIpc) is 2.65. The summed E-state index contributed by atoms with van der Waals surface area (Å²) in [5, 5.41) is 14.4. The van der Waals surface area contributed by atoms with Gasteiger partial charge in [0.2, 0.25) is 5.91 Å². The van der Waals surface area contributed by atoms with E-state index in [1.807, 2.05) is 36.4 Å². The van der Waals surface area contributed by atoms with E-state index in [4.69, 9.17) is 5.73 Å². The Kier molecular flexibility index (Phi) is 4.44. The molecule has 1 amide bonds. The smallest absolute Gasteiger partial charge is 0.245 e. The summed E-state index contributed by atoms with van der Waals surface area (Å²) in [6.07, 6.45) is 3.51. The summed E-state index contributed by atoms with van der Waals surface area (Å²) in [6.45, 7) is 3.82. The number of pyridine rings is 1. The fourth-order valence-corrected chi connectivity index (χ4v) is 2.60. The normalized spacial score (nSPS) is 10.2. The van der Waals surface area contributed by atoms with Gasteiger partial charge in [0.05, 0.1) is 11.3 Å². The van der Waals surface area contributed by atoms with Crippen LogP contribution in [0.1, 0.15) is 5.56 Å². The molecule has 0 atom stereocenters. The van der Waals surface area contributed by atoms with Gasteiger partial charge in [-0.05, 0) is 29.1 Å². The highest BCUT2D eigenvalue weighted by Crippen LogP contribution is 2.31. The minimum atomic E-state index is -0.567. The van der Waals surface area contributed by atoms with Crippen LogP contribution < -0.4 is 11.1 Å². The Morgan fingerprint density at radius 3 is 2.72 bits per heavy atom. The molecular weight excluding hydrogens is 312 g/mol. The summed E-state index contributed by atoms with van der Waals surface area (Å²) >= 11 is 0. The van der Waals surface area contributed by atoms with Crippen molar-refractivity contribution >= 4 is 22.4 Å². The van der Waals surface area contributed by atoms with Gasteiger partial charge in [0, 0.05) is 35.5 Å². The number of carbonyl (C=O) groups is 1. The Bertz CT molecular complexity index is 1000. The number of nitrogens with one attached hydrogen (secondary N) is 1. The van der Waals surface area contributed by atoms with Crippen molar-refractivity contribution < 1.29 is 4.79 Å². The van der Waals surface area contributed by atoms with Crippen LogP contribution >= 0.6 is 0 Å². The SMILES string of the molecule is C=C(CNc1c(C#N)ccc2ccc(-c3cccnc3)cc12)C(N)=O. The zero-order valence-corrected chi connectivity index (χ0v) is 13.5. The van der Waals surface area contributed by atoms with Crippen molar-refractivity contribution in [2.45, 2.75) is 0 Å². The number of rotatable bonds is 5. The predicted octanol–water partition coefficient (Wildman–Crippen LogP) is 3.23. The Labute approximate surface area is 145 Å². The van der Waals surface area contributed by atoms with Gasteiger partial charge in [0.15, 0.2) is 0 Å². The molecule has 0 aliphatic rings. The molecule has 5 heteroatoms. The van der Waals surface area contributed by atoms with Crippen molar-refractivity contribution in [2.24, 2.45) is 5.73 Å². The summed E-state index contributed by atoms with van der Waals surface area (Å²) in [4.78, 5) is 15.3. The Hall–Kier alpha value is -3.65. The fraction of sp³-hybridized carbons (Fsp3) is 0.0500. The number of nitrogens with zero attached hydrogens (tertiary/aromatic N) is 2. The third-order valence-corrected chi connectivity index (χ3v) is 3.96. The standard InChI is InChI=1S/C20H16N4O/c1-13(20(22)25)11-24-19-16(10-21)7-5-14-4-6-15(9-18(14)19)17-3-2-8-23-12-17/h2-9,12,24H,1,11H2,(H2,22,25). The summed E-state index contributed by atoms with van der Waals surface area (Å²) in [5.74, 6) is -0.567. The number of benzene rings is 2. The third-order valence-electron chi connectivity index (χ3n) is 3.96. The molecule has 0 fully saturated rings. The van der Waals surface area contributed by atoms with Crippen molar-refractivity contribution in [3.05, 3.63) is 72.6 Å². The number of amides is 1. The number of hydrogen-bond acceptors (Lipinski definition) is 4. The highest BCUT2D eigenvalue weighted by Gasteiger charge is 2.10. The Morgan fingerprint density at radius 1 is 1.24 bits per heavy atom. The van der Waals surface area contributed by atoms with Gasteiger partial charge in [0.1, 0.15) is 6.07 Å². The molecule has 2 aromatic carbocycles. The van der Waals surface area contributed by atoms with Gasteiger partial charge in [-0.15, -0.1) is 0 Å². The maximum Gasteiger partial charge on any atom is 0.245 e. The lowest BCUT2D eigenvalue weighted by molar-refractivity contribution is -0.114. The maximum absolute atomic E-state index is 11.2. The maximum atomic E-state index is 11.2. The van der Waals surface area contributed by atoms with Gasteiger partial charge >= 0.3 is 0 Å². The van der Waals surface area contributed by atoms with Crippen molar-refractivity contribution in [3.63, 3.8) is 0 Å². The molecule has 0 saturated carbocycles. The average molecular weight is 328 g/mol. The Balaban J connectivity index is 2.10. The van der Waals surface area contributed by atoms with Crippen LogP contribution in [0.25, 0.3) is 21.9 Å². The minimum absolute atomic E-state index is 0.181. The minimum Gasteiger partial charge on any atom is -0.379 e. The quantitative estimate of drug-likeness (QED) is 0.703. The van der Waals surface area contributed by atoms with Gasteiger partial charge in [-0.3, -0.25) is 9.78 Å². The van der Waals surface area contributed by atoms with Crippen LogP contribution in [-0.4, -0.2) is 17.4 Å². The van der Waals surface area contributed by atoms with E-state index in [2.05, 4.69) is 22.9 Å². The number of nitrogens with two attached hydrogens (primary N) is 1. The number of hydrogen-bond donors (Lipinski definition) is 2. The van der Waals surface area contributed by atoms with Crippen LogP contribution in [0, 0.1) is 11.3 Å². The second kappa shape index (κ2) is 6.85. The highest BCUT2D eigenvalue weighted by molar-refractivity contribution is 6.00. The summed E-state index contributed by atoms with van der Waals surface area (Å²) in [7, 11) is 0. The summed E-state index contributed by atoms with van der Waals surface area (Å²) < 4.78 is 0. The van der Waals surface area contributed by atoms with Gasteiger partial charge in [-0.1, -0.05) is 30.8 Å². The summed E-state index contributed by atoms with van der Waals surface area (Å²) in [5.41, 5.74) is 8.62. The van der Waals surface area contributed by atoms with Gasteiger partial charge < -0.3 is 11.1 Å². The van der Waals surface area contributed by atoms with Crippen molar-refractivity contribution in [1.82, 2.24) is 4.98 Å². The molecular formula is C20H16N4O. The van der Waals surface area contributed by atoms with E-state index in [-0.39, 0.29) is 12.1 Å². The molecule has 25 heavy (non-hydrogen) atoms. The van der Waals surface area contributed by atoms with Gasteiger partial charge in [0.25, 0.3) is 0 Å². The van der Waals surface area contributed by atoms with E-state index < -0.39 is 5.91 Å². The van der Waals surface area contributed by atoms with Crippen LogP contribution in [0.15, 0.2) is 67.0 Å². The molecule has 5 nitrogen and oxygen atoms in total. The van der Waals surface area contributed by atoms with E-state index in [0.717, 1.165) is 21.9 Å². The second-order valence-corrected chi connectivity index (χ2v) is 5.60. The molecule has 1 heterocycles. The molecule has 122 valence electrons. The van der Waals surface area contributed by atoms with E-state index in [0.29, 0.717) is 11.3 Å². The summed E-state index contributed by atoms with van der Waals surface area (Å²) in [6, 6.07) is 15.7. The van der Waals surface area contributed by atoms with Crippen LogP contribution in [0.4, 0.5) is 5.69 Å². The van der Waals surface area contributed by atoms with Crippen molar-refractivity contribution in [2.75, 3.05) is 11.9 Å². The third kappa shape index (κ3) is 3.33. The molecule has 0 aliphatic heterocycles. The lowest BCUT2D eigenvalue weighted by Gasteiger charge is -2.13. The first-order valence-corrected chi connectivity index (χ1v) is 7.69. The van der Waals surface area contributed by atoms with Crippen LogP contribution in [-0.2, 0) is 4.79 Å². The van der Waals surface area contributed by atoms with Crippen LogP contribution in [0.2, 0.25) is 0 Å². The first kappa shape index (κ1) is 16.2. The molecule has 0 bridgehead atoms. The molecule has 3 N–H and O–H groups in total. The number of fused-ring (bicyclic) bond motifs is 1. The van der Waals surface area contributed by atoms with Crippen molar-refractivity contribution in [3.8, 4) is 17.2 Å². The monoisotopic (exact) mass is 328 g/mol. The Morgan fingerprint density at radius 2 is 2.04 bits per heavy atom. The largest absolute Gasteiger partial charge is 0.379 e. The number of nitriles is 1. The molecule has 0 radical (unpaired) electrons. The molecule has 0 unspecified atom stereocenters. The second-order valence-electron chi connectivity index (χ2n) is 5.60. The number of primary amides is 1. The van der Waals surface area contributed by atoms with Gasteiger partial charge in [-0.25, -0.2) is 0 Å². The topological polar surface area (TPSA) is 91.8 Å². The van der Waals surface area contributed by atoms with Gasteiger partial charge in [-0.2, -0.15) is 5.26 Å². The lowest BCUT2D eigenvalue weighted by Crippen LogP contribution is -2.19. The van der Waals surface area contributed by atoms with Crippen molar-refractivity contribution in [1.29, 1.82) is 5.26 Å². The van der Waals surface area contributed by atoms with Crippen LogP contribution in [0.3, 0.4) is 0 Å². The number of carbonyl (C=O) groups excluding carboxylic acids is 1. The van der Waals surface area contributed by atoms with E-state index in [9.17, 15) is 10.1 Å². The van der Waals surface area contributed by atoms with E-state index >= 15 is 0 Å². The lowest BCUT2D eigenvalue weighted by atomic mass is 9.99. The zero-order valence-electron chi connectivity index (χ0n) is 13.5. The fourth-order valence-electron chi connectivity index (χ4n) is 2.60. The molecule has 3 aromatic rings. The predicted molar refractivity (Wildman–Crippen MR) is 98.7 cm³/mol. The number of aromatic nitrogens is 1. The zero-order chi connectivity index (χ0) is 17.8. The molecule has 0 aliphatic carbocycles. The first-order valence-electron chi connectivity index (χ1n) is 7.69. The number of anilines is 1. The molecule has 0 spiro atoms. The van der Waals surface area contributed by atoms with E-state index in [1.165, 1.54) is 0 Å². The van der Waals surface area contributed by atoms with E-state index in [1.54, 1.807) is 18.5 Å². The molecule has 3 rings (SSSR count). The first-order chi connectivity index (χ1) is 12.1.